The zero-order valence-corrected chi connectivity index (χ0v) is 16.2. The van der Waals surface area contributed by atoms with Gasteiger partial charge in [0.05, 0.1) is 17.8 Å². The lowest BCUT2D eigenvalue weighted by molar-refractivity contribution is -0.132. The Labute approximate surface area is 166 Å². The predicted octanol–water partition coefficient (Wildman–Crippen LogP) is 3.71. The van der Waals surface area contributed by atoms with Crippen molar-refractivity contribution in [3.63, 3.8) is 0 Å². The van der Waals surface area contributed by atoms with E-state index >= 15 is 0 Å². The fourth-order valence-corrected chi connectivity index (χ4v) is 4.04. The van der Waals surface area contributed by atoms with Crippen molar-refractivity contribution < 1.29 is 4.79 Å². The zero-order chi connectivity index (χ0) is 19.5. The molecule has 0 unspecified atom stereocenters. The number of amides is 1. The van der Waals surface area contributed by atoms with Gasteiger partial charge < -0.3 is 4.90 Å². The number of hydrogen-bond donors (Lipinski definition) is 0. The van der Waals surface area contributed by atoms with Crippen LogP contribution >= 0.6 is 11.3 Å². The van der Waals surface area contributed by atoms with Crippen LogP contribution < -0.4 is 5.56 Å². The fraction of sp³-hybridized carbons (Fsp3) is 0.136. The number of carbonyl (C=O) groups is 1. The van der Waals surface area contributed by atoms with Crippen LogP contribution in [0.4, 0.5) is 0 Å². The summed E-state index contributed by atoms with van der Waals surface area (Å²) in [4.78, 5) is 32.3. The zero-order valence-electron chi connectivity index (χ0n) is 15.4. The minimum absolute atomic E-state index is 0.0513. The molecule has 28 heavy (non-hydrogen) atoms. The maximum atomic E-state index is 13.1. The van der Waals surface area contributed by atoms with Crippen molar-refractivity contribution in [3.8, 4) is 0 Å². The van der Waals surface area contributed by atoms with Crippen LogP contribution in [0.2, 0.25) is 0 Å². The third-order valence-electron chi connectivity index (χ3n) is 4.77. The van der Waals surface area contributed by atoms with Crippen LogP contribution in [-0.4, -0.2) is 27.4 Å². The molecule has 2 aromatic heterocycles. The number of rotatable bonds is 5. The Kier molecular flexibility index (Phi) is 5.04. The molecule has 4 aromatic rings. The highest BCUT2D eigenvalue weighted by Crippen LogP contribution is 2.27. The van der Waals surface area contributed by atoms with Crippen LogP contribution in [0.3, 0.4) is 0 Å². The summed E-state index contributed by atoms with van der Waals surface area (Å²) in [5.74, 6) is -0.156. The maximum absolute atomic E-state index is 13.1. The van der Waals surface area contributed by atoms with E-state index in [1.807, 2.05) is 66.0 Å². The van der Waals surface area contributed by atoms with E-state index in [1.54, 1.807) is 18.0 Å². The molecule has 0 saturated carbocycles. The van der Waals surface area contributed by atoms with Crippen LogP contribution in [0, 0.1) is 0 Å². The lowest BCUT2D eigenvalue weighted by atomic mass is 9.97. The third kappa shape index (κ3) is 3.46. The third-order valence-corrected chi connectivity index (χ3v) is 5.59. The molecule has 2 heterocycles. The highest BCUT2D eigenvalue weighted by atomic mass is 32.1. The highest BCUT2D eigenvalue weighted by Gasteiger charge is 2.24. The molecule has 2 aromatic carbocycles. The average molecular weight is 389 g/mol. The van der Waals surface area contributed by atoms with Crippen LogP contribution in [0.15, 0.2) is 83.2 Å². The monoisotopic (exact) mass is 389 g/mol. The number of hydrogen-bond acceptors (Lipinski definition) is 4. The molecule has 0 aliphatic heterocycles. The molecule has 0 aliphatic rings. The van der Waals surface area contributed by atoms with Crippen molar-refractivity contribution >= 4 is 27.5 Å². The standard InChI is InChI=1S/C22H19N3O2S/c1-24(19(26)14-25-15-23-21-18(22(25)27)12-13-28-21)20(16-8-4-2-5-9-16)17-10-6-3-7-11-17/h2-13,15,20H,14H2,1H3. The number of aromatic nitrogens is 2. The van der Waals surface area contributed by atoms with Crippen molar-refractivity contribution in [2.45, 2.75) is 12.6 Å². The number of thiophene rings is 1. The minimum Gasteiger partial charge on any atom is -0.333 e. The van der Waals surface area contributed by atoms with Gasteiger partial charge in [-0.25, -0.2) is 4.98 Å². The van der Waals surface area contributed by atoms with Crippen molar-refractivity contribution in [2.24, 2.45) is 0 Å². The second-order valence-corrected chi connectivity index (χ2v) is 7.44. The van der Waals surface area contributed by atoms with Gasteiger partial charge in [0.15, 0.2) is 0 Å². The molecule has 4 rings (SSSR count). The van der Waals surface area contributed by atoms with Gasteiger partial charge in [0.2, 0.25) is 5.91 Å². The Morgan fingerprint density at radius 2 is 1.64 bits per heavy atom. The Balaban J connectivity index is 1.66. The van der Waals surface area contributed by atoms with Gasteiger partial charge in [0.1, 0.15) is 11.4 Å². The molecule has 0 spiro atoms. The summed E-state index contributed by atoms with van der Waals surface area (Å²) in [5.41, 5.74) is 1.84. The fourth-order valence-electron chi connectivity index (χ4n) is 3.32. The molecule has 0 bridgehead atoms. The van der Waals surface area contributed by atoms with E-state index in [1.165, 1.54) is 22.2 Å². The van der Waals surface area contributed by atoms with E-state index < -0.39 is 0 Å². The molecular weight excluding hydrogens is 370 g/mol. The van der Waals surface area contributed by atoms with E-state index in [4.69, 9.17) is 0 Å². The summed E-state index contributed by atoms with van der Waals surface area (Å²) >= 11 is 1.42. The maximum Gasteiger partial charge on any atom is 0.262 e. The van der Waals surface area contributed by atoms with Crippen LogP contribution in [0.5, 0.6) is 0 Å². The molecule has 0 aliphatic carbocycles. The first kappa shape index (κ1) is 18.1. The van der Waals surface area contributed by atoms with Crippen molar-refractivity contribution in [2.75, 3.05) is 7.05 Å². The summed E-state index contributed by atoms with van der Waals surface area (Å²) in [6, 6.07) is 21.3. The van der Waals surface area contributed by atoms with Gasteiger partial charge in [0, 0.05) is 7.05 Å². The predicted molar refractivity (Wildman–Crippen MR) is 111 cm³/mol. The topological polar surface area (TPSA) is 55.2 Å². The van der Waals surface area contributed by atoms with E-state index in [2.05, 4.69) is 4.98 Å². The average Bonchev–Trinajstić information content (AvgIpc) is 3.21. The first-order valence-electron chi connectivity index (χ1n) is 8.93. The van der Waals surface area contributed by atoms with Crippen molar-refractivity contribution in [1.82, 2.24) is 14.5 Å². The Morgan fingerprint density at radius 1 is 1.04 bits per heavy atom. The van der Waals surface area contributed by atoms with Crippen molar-refractivity contribution in [3.05, 3.63) is 99.9 Å². The van der Waals surface area contributed by atoms with Gasteiger partial charge in [-0.05, 0) is 22.6 Å². The number of nitrogens with zero attached hydrogens (tertiary/aromatic N) is 3. The second-order valence-electron chi connectivity index (χ2n) is 6.55. The van der Waals surface area contributed by atoms with E-state index in [0.717, 1.165) is 11.1 Å². The molecule has 6 heteroatoms. The summed E-state index contributed by atoms with van der Waals surface area (Å²) in [6.45, 7) is -0.0513. The molecule has 5 nitrogen and oxygen atoms in total. The summed E-state index contributed by atoms with van der Waals surface area (Å²) < 4.78 is 1.38. The first-order chi connectivity index (χ1) is 13.6. The summed E-state index contributed by atoms with van der Waals surface area (Å²) in [5, 5.41) is 2.38. The summed E-state index contributed by atoms with van der Waals surface area (Å²) in [7, 11) is 1.77. The van der Waals surface area contributed by atoms with Gasteiger partial charge in [-0.15, -0.1) is 11.3 Å². The van der Waals surface area contributed by atoms with Gasteiger partial charge >= 0.3 is 0 Å². The quantitative estimate of drug-likeness (QED) is 0.523. The van der Waals surface area contributed by atoms with E-state index in [0.29, 0.717) is 10.2 Å². The number of fused-ring (bicyclic) bond motifs is 1. The Hall–Kier alpha value is -3.25. The van der Waals surface area contributed by atoms with Gasteiger partial charge in [-0.1, -0.05) is 60.7 Å². The van der Waals surface area contributed by atoms with E-state index in [-0.39, 0.29) is 24.1 Å². The lowest BCUT2D eigenvalue weighted by Gasteiger charge is -2.29. The largest absolute Gasteiger partial charge is 0.333 e. The molecule has 1 amide bonds. The van der Waals surface area contributed by atoms with Gasteiger partial charge in [-0.3, -0.25) is 14.2 Å². The number of likely N-dealkylation sites (N-methyl/N-ethyl adjacent to an activating group) is 1. The smallest absolute Gasteiger partial charge is 0.262 e. The molecule has 0 fully saturated rings. The molecule has 0 atom stereocenters. The SMILES string of the molecule is CN(C(=O)Cn1cnc2sccc2c1=O)C(c1ccccc1)c1ccccc1. The van der Waals surface area contributed by atoms with Crippen LogP contribution in [0.25, 0.3) is 10.2 Å². The lowest BCUT2D eigenvalue weighted by Crippen LogP contribution is -2.36. The molecular formula is C22H19N3O2S. The first-order valence-corrected chi connectivity index (χ1v) is 9.81. The van der Waals surface area contributed by atoms with Crippen LogP contribution in [0.1, 0.15) is 17.2 Å². The number of carbonyl (C=O) groups excluding carboxylic acids is 1. The van der Waals surface area contributed by atoms with Gasteiger partial charge in [-0.2, -0.15) is 0 Å². The Morgan fingerprint density at radius 3 is 2.25 bits per heavy atom. The number of benzene rings is 2. The summed E-state index contributed by atoms with van der Waals surface area (Å²) in [6.07, 6.45) is 1.45. The van der Waals surface area contributed by atoms with E-state index in [9.17, 15) is 9.59 Å². The molecule has 0 radical (unpaired) electrons. The minimum atomic E-state index is -0.233. The Bertz CT molecular complexity index is 1110. The second kappa shape index (κ2) is 7.78. The highest BCUT2D eigenvalue weighted by molar-refractivity contribution is 7.16. The van der Waals surface area contributed by atoms with Gasteiger partial charge in [0.25, 0.3) is 5.56 Å². The van der Waals surface area contributed by atoms with Crippen molar-refractivity contribution in [1.29, 1.82) is 0 Å². The molecule has 140 valence electrons. The van der Waals surface area contributed by atoms with Crippen LogP contribution in [-0.2, 0) is 11.3 Å². The molecule has 0 N–H and O–H groups in total. The molecule has 0 saturated heterocycles. The normalized spacial score (nSPS) is 11.1.